The van der Waals surface area contributed by atoms with Crippen molar-refractivity contribution < 1.29 is 4.79 Å². The average molecular weight is 406 g/mol. The largest absolute Gasteiger partial charge is 0.404 e. The molecule has 0 aliphatic carbocycles. The Morgan fingerprint density at radius 1 is 1.30 bits per heavy atom. The van der Waals surface area contributed by atoms with Crippen molar-refractivity contribution in [2.24, 2.45) is 16.5 Å². The van der Waals surface area contributed by atoms with Crippen LogP contribution in [0.3, 0.4) is 0 Å². The minimum Gasteiger partial charge on any atom is -0.404 e. The molecule has 0 radical (unpaired) electrons. The minimum atomic E-state index is -0.598. The number of nitrogens with zero attached hydrogens (tertiary/aromatic N) is 3. The summed E-state index contributed by atoms with van der Waals surface area (Å²) in [5.74, 6) is -0.329. The van der Waals surface area contributed by atoms with Crippen LogP contribution in [0.25, 0.3) is 11.3 Å². The van der Waals surface area contributed by atoms with E-state index < -0.39 is 5.91 Å². The second-order valence-electron chi connectivity index (χ2n) is 5.18. The van der Waals surface area contributed by atoms with Crippen LogP contribution in [0.2, 0.25) is 10.0 Å². The zero-order valence-corrected chi connectivity index (χ0v) is 15.8. The fraction of sp³-hybridized carbons (Fsp3) is 0.0588. The molecule has 0 atom stereocenters. The van der Waals surface area contributed by atoms with E-state index in [1.165, 1.54) is 25.5 Å². The molecule has 0 spiro atoms. The van der Waals surface area contributed by atoms with Gasteiger partial charge in [0.05, 0.1) is 22.0 Å². The molecule has 0 unspecified atom stereocenters. The Bertz CT molecular complexity index is 954. The van der Waals surface area contributed by atoms with Gasteiger partial charge in [-0.15, -0.1) is 0 Å². The highest BCUT2D eigenvalue weighted by molar-refractivity contribution is 6.34. The normalized spacial score (nSPS) is 12.8. The molecule has 0 saturated heterocycles. The zero-order valence-electron chi connectivity index (χ0n) is 14.3. The highest BCUT2D eigenvalue weighted by Gasteiger charge is 2.18. The Labute approximate surface area is 165 Å². The predicted octanol–water partition coefficient (Wildman–Crippen LogP) is 1.81. The molecule has 140 valence electrons. The lowest BCUT2D eigenvalue weighted by Gasteiger charge is -2.13. The number of amides is 1. The quantitative estimate of drug-likeness (QED) is 0.440. The van der Waals surface area contributed by atoms with Crippen molar-refractivity contribution >= 4 is 52.4 Å². The summed E-state index contributed by atoms with van der Waals surface area (Å²) in [6.07, 6.45) is 3.87. The summed E-state index contributed by atoms with van der Waals surface area (Å²) >= 11 is 12.2. The molecule has 8 nitrogen and oxygen atoms in total. The number of aliphatic imine (C=N–C) groups is 1. The fourth-order valence-electron chi connectivity index (χ4n) is 2.09. The molecular formula is C17H17Cl2N7O. The summed E-state index contributed by atoms with van der Waals surface area (Å²) in [6, 6.07) is 6.29. The monoisotopic (exact) mass is 405 g/mol. The smallest absolute Gasteiger partial charge is 0.261 e. The van der Waals surface area contributed by atoms with Crippen LogP contribution in [-0.2, 0) is 4.79 Å². The predicted molar refractivity (Wildman–Crippen MR) is 109 cm³/mol. The van der Waals surface area contributed by atoms with Crippen LogP contribution < -0.4 is 22.5 Å². The number of benzene rings is 1. The Morgan fingerprint density at radius 3 is 2.67 bits per heavy atom. The van der Waals surface area contributed by atoms with E-state index in [-0.39, 0.29) is 28.6 Å². The third-order valence-corrected chi connectivity index (χ3v) is 3.91. The van der Waals surface area contributed by atoms with Crippen LogP contribution in [0.5, 0.6) is 0 Å². The number of halogens is 2. The van der Waals surface area contributed by atoms with Gasteiger partial charge in [0.1, 0.15) is 5.82 Å². The number of nitrogens with two attached hydrogens (primary N) is 3. The lowest BCUT2D eigenvalue weighted by Crippen LogP contribution is -2.28. The van der Waals surface area contributed by atoms with E-state index >= 15 is 0 Å². The second kappa shape index (κ2) is 9.02. The van der Waals surface area contributed by atoms with Gasteiger partial charge in [0.25, 0.3) is 5.91 Å². The van der Waals surface area contributed by atoms with Gasteiger partial charge in [-0.2, -0.15) is 0 Å². The number of rotatable bonds is 5. The topological polar surface area (TPSA) is 145 Å². The molecule has 0 saturated carbocycles. The fourth-order valence-corrected chi connectivity index (χ4v) is 2.48. The summed E-state index contributed by atoms with van der Waals surface area (Å²) in [5, 5.41) is 3.43. The van der Waals surface area contributed by atoms with Gasteiger partial charge in [-0.05, 0) is 24.3 Å². The van der Waals surface area contributed by atoms with Crippen LogP contribution in [-0.4, -0.2) is 29.1 Å². The average Bonchev–Trinajstić information content (AvgIpc) is 2.63. The molecule has 1 aromatic carbocycles. The Kier molecular flexibility index (Phi) is 6.75. The van der Waals surface area contributed by atoms with E-state index in [0.717, 1.165) is 6.20 Å². The van der Waals surface area contributed by atoms with Crippen molar-refractivity contribution in [1.82, 2.24) is 15.3 Å². The molecule has 2 aromatic rings. The van der Waals surface area contributed by atoms with Crippen molar-refractivity contribution in [3.8, 4) is 0 Å². The standard InChI is InChI=1S/C17H17Cl2N7O/c1-23-8-13(15(22)10-6-9(18)2-3-12(10)19)25-17(27)11(7-20)16-24-5-4-14(21)26-16/h2-8H,20,22H2,1H3,(H,25,27)(H2,21,24,26). The van der Waals surface area contributed by atoms with Crippen LogP contribution in [0.15, 0.2) is 47.4 Å². The van der Waals surface area contributed by atoms with Gasteiger partial charge >= 0.3 is 0 Å². The van der Waals surface area contributed by atoms with Gasteiger partial charge in [0, 0.05) is 36.2 Å². The number of anilines is 1. The third-order valence-electron chi connectivity index (χ3n) is 3.34. The molecule has 0 aliphatic rings. The van der Waals surface area contributed by atoms with Crippen molar-refractivity contribution in [3.05, 3.63) is 63.8 Å². The maximum Gasteiger partial charge on any atom is 0.261 e. The SMILES string of the molecule is CN=CC(NC(=O)C(=CN)c1nccc(N)n1)=C(N)c1cc(Cl)ccc1Cl. The van der Waals surface area contributed by atoms with Crippen molar-refractivity contribution in [2.45, 2.75) is 0 Å². The molecule has 7 N–H and O–H groups in total. The molecule has 27 heavy (non-hydrogen) atoms. The number of carbonyl (C=O) groups is 1. The summed E-state index contributed by atoms with van der Waals surface area (Å²) in [7, 11) is 1.53. The van der Waals surface area contributed by atoms with E-state index in [0.29, 0.717) is 15.6 Å². The van der Waals surface area contributed by atoms with Gasteiger partial charge in [-0.25, -0.2) is 9.97 Å². The summed E-state index contributed by atoms with van der Waals surface area (Å²) in [6.45, 7) is 0. The summed E-state index contributed by atoms with van der Waals surface area (Å²) in [5.41, 5.74) is 18.2. The van der Waals surface area contributed by atoms with Crippen LogP contribution in [0.4, 0.5) is 5.82 Å². The lowest BCUT2D eigenvalue weighted by atomic mass is 10.1. The van der Waals surface area contributed by atoms with E-state index in [1.54, 1.807) is 18.2 Å². The number of hydrogen-bond acceptors (Lipinski definition) is 7. The maximum atomic E-state index is 12.7. The first-order chi connectivity index (χ1) is 12.9. The number of nitrogens with one attached hydrogen (secondary N) is 1. The van der Waals surface area contributed by atoms with Gasteiger partial charge in [0.2, 0.25) is 0 Å². The van der Waals surface area contributed by atoms with Gasteiger partial charge in [-0.3, -0.25) is 9.79 Å². The number of nitrogen functional groups attached to an aromatic ring is 1. The highest BCUT2D eigenvalue weighted by atomic mass is 35.5. The van der Waals surface area contributed by atoms with Crippen molar-refractivity contribution in [2.75, 3.05) is 12.8 Å². The molecule has 1 amide bonds. The lowest BCUT2D eigenvalue weighted by molar-refractivity contribution is -0.114. The molecule has 0 fully saturated rings. The molecular weight excluding hydrogens is 389 g/mol. The summed E-state index contributed by atoms with van der Waals surface area (Å²) in [4.78, 5) is 24.6. The molecule has 1 heterocycles. The van der Waals surface area contributed by atoms with Gasteiger partial charge in [0.15, 0.2) is 5.82 Å². The first-order valence-electron chi connectivity index (χ1n) is 7.56. The molecule has 2 rings (SSSR count). The highest BCUT2D eigenvalue weighted by Crippen LogP contribution is 2.26. The Hall–Kier alpha value is -3.10. The first-order valence-corrected chi connectivity index (χ1v) is 8.32. The number of allylic oxidation sites excluding steroid dienone is 1. The van der Waals surface area contributed by atoms with E-state index in [1.807, 2.05) is 0 Å². The zero-order chi connectivity index (χ0) is 20.0. The van der Waals surface area contributed by atoms with Crippen LogP contribution >= 0.6 is 23.2 Å². The maximum absolute atomic E-state index is 12.7. The molecule has 0 bridgehead atoms. The van der Waals surface area contributed by atoms with E-state index in [9.17, 15) is 4.79 Å². The second-order valence-corrected chi connectivity index (χ2v) is 6.02. The van der Waals surface area contributed by atoms with E-state index in [4.69, 9.17) is 40.4 Å². The molecule has 10 heteroatoms. The Balaban J connectivity index is 2.42. The van der Waals surface area contributed by atoms with Crippen LogP contribution in [0.1, 0.15) is 11.4 Å². The molecule has 1 aromatic heterocycles. The van der Waals surface area contributed by atoms with Crippen LogP contribution in [0, 0.1) is 0 Å². The van der Waals surface area contributed by atoms with E-state index in [2.05, 4.69) is 20.3 Å². The Morgan fingerprint density at radius 2 is 2.04 bits per heavy atom. The molecule has 0 aliphatic heterocycles. The third kappa shape index (κ3) is 4.96. The number of carbonyl (C=O) groups excluding carboxylic acids is 1. The van der Waals surface area contributed by atoms with Gasteiger partial charge < -0.3 is 22.5 Å². The summed E-state index contributed by atoms with van der Waals surface area (Å²) < 4.78 is 0. The minimum absolute atomic E-state index is 0.00861. The number of aromatic nitrogens is 2. The van der Waals surface area contributed by atoms with Crippen molar-refractivity contribution in [1.29, 1.82) is 0 Å². The first kappa shape index (κ1) is 20.2. The van der Waals surface area contributed by atoms with Gasteiger partial charge in [-0.1, -0.05) is 23.2 Å². The number of hydrogen-bond donors (Lipinski definition) is 4. The van der Waals surface area contributed by atoms with Crippen molar-refractivity contribution in [3.63, 3.8) is 0 Å².